The number of aliphatic carboxylic acids is 1. The molecular formula is C12H12Cl2N2O6S. The Labute approximate surface area is 146 Å². The van der Waals surface area contributed by atoms with Gasteiger partial charge in [0.25, 0.3) is 5.91 Å². The number of hydrogen-bond acceptors (Lipinski definition) is 6. The molecule has 2 aliphatic heterocycles. The minimum atomic E-state index is -2.18. The molecule has 0 spiro atoms. The number of thiocarbonyl (C=S) groups is 1. The Morgan fingerprint density at radius 1 is 1.57 bits per heavy atom. The first-order valence-electron chi connectivity index (χ1n) is 6.42. The van der Waals surface area contributed by atoms with Crippen molar-refractivity contribution in [3.05, 3.63) is 10.7 Å². The van der Waals surface area contributed by atoms with E-state index in [2.05, 4.69) is 0 Å². The Morgan fingerprint density at radius 3 is 2.65 bits per heavy atom. The molecule has 0 aromatic heterocycles. The fourth-order valence-electron chi connectivity index (χ4n) is 2.40. The summed E-state index contributed by atoms with van der Waals surface area (Å²) in [5.41, 5.74) is -1.16. The third kappa shape index (κ3) is 3.01. The van der Waals surface area contributed by atoms with Gasteiger partial charge in [0, 0.05) is 12.0 Å². The van der Waals surface area contributed by atoms with Crippen molar-refractivity contribution in [2.75, 3.05) is 6.61 Å². The van der Waals surface area contributed by atoms with Crippen LogP contribution in [0.5, 0.6) is 0 Å². The summed E-state index contributed by atoms with van der Waals surface area (Å²) in [4.78, 5) is 42.2. The highest BCUT2D eigenvalue weighted by Crippen LogP contribution is 2.35. The van der Waals surface area contributed by atoms with Crippen molar-refractivity contribution in [1.82, 2.24) is 9.96 Å². The predicted octanol–water partition coefficient (Wildman–Crippen LogP) is 1.17. The number of hydroxylamine groups is 2. The van der Waals surface area contributed by atoms with E-state index in [1.54, 1.807) is 0 Å². The van der Waals surface area contributed by atoms with Gasteiger partial charge in [-0.3, -0.25) is 14.4 Å². The number of amides is 1. The van der Waals surface area contributed by atoms with Crippen LogP contribution in [0.4, 0.5) is 0 Å². The average Bonchev–Trinajstić information content (AvgIpc) is 3.04. The molecule has 2 saturated heterocycles. The van der Waals surface area contributed by atoms with Crippen LogP contribution in [-0.2, 0) is 24.0 Å². The van der Waals surface area contributed by atoms with Gasteiger partial charge in [-0.25, -0.2) is 4.79 Å². The molecular weight excluding hydrogens is 371 g/mol. The van der Waals surface area contributed by atoms with E-state index in [1.807, 2.05) is 0 Å². The van der Waals surface area contributed by atoms with E-state index in [0.29, 0.717) is 5.06 Å². The molecule has 0 aliphatic carbocycles. The van der Waals surface area contributed by atoms with Crippen LogP contribution in [-0.4, -0.2) is 56.3 Å². The summed E-state index contributed by atoms with van der Waals surface area (Å²) in [7, 11) is 0. The van der Waals surface area contributed by atoms with Gasteiger partial charge in [0.15, 0.2) is 0 Å². The van der Waals surface area contributed by atoms with Crippen LogP contribution in [0.2, 0.25) is 0 Å². The van der Waals surface area contributed by atoms with Crippen molar-refractivity contribution in [3.8, 4) is 0 Å². The summed E-state index contributed by atoms with van der Waals surface area (Å²) in [6.45, 7) is 1.30. The molecule has 8 nitrogen and oxygen atoms in total. The van der Waals surface area contributed by atoms with Crippen LogP contribution in [0.1, 0.15) is 19.8 Å². The molecule has 126 valence electrons. The molecule has 1 N–H and O–H groups in total. The molecule has 1 amide bonds. The first kappa shape index (κ1) is 17.9. The molecule has 0 bridgehead atoms. The van der Waals surface area contributed by atoms with E-state index in [0.717, 1.165) is 5.54 Å². The highest BCUT2D eigenvalue weighted by Gasteiger charge is 2.59. The van der Waals surface area contributed by atoms with E-state index in [9.17, 15) is 19.5 Å². The molecule has 1 unspecified atom stereocenters. The van der Waals surface area contributed by atoms with Crippen molar-refractivity contribution < 1.29 is 29.1 Å². The number of carbonyl (C=O) groups is 3. The molecule has 0 aromatic carbocycles. The smallest absolute Gasteiger partial charge is 0.372 e. The molecule has 0 radical (unpaired) electrons. The number of rotatable bonds is 4. The van der Waals surface area contributed by atoms with Gasteiger partial charge in [-0.05, 0) is 6.92 Å². The second-order valence-corrected chi connectivity index (χ2v) is 6.02. The van der Waals surface area contributed by atoms with Gasteiger partial charge in [-0.15, -0.1) is 0 Å². The Kier molecular flexibility index (Phi) is 5.14. The zero-order valence-electron chi connectivity index (χ0n) is 11.8. The lowest BCUT2D eigenvalue weighted by atomic mass is 10.1. The summed E-state index contributed by atoms with van der Waals surface area (Å²) in [5, 5.41) is 9.95. The van der Waals surface area contributed by atoms with Crippen molar-refractivity contribution in [3.63, 3.8) is 0 Å². The fourth-order valence-corrected chi connectivity index (χ4v) is 3.02. The maximum Gasteiger partial charge on any atom is 0.372 e. The van der Waals surface area contributed by atoms with Gasteiger partial charge >= 0.3 is 17.7 Å². The molecule has 2 atom stereocenters. The lowest BCUT2D eigenvalue weighted by molar-refractivity contribution is -0.256. The van der Waals surface area contributed by atoms with Crippen molar-refractivity contribution in [1.29, 1.82) is 0 Å². The molecule has 0 saturated carbocycles. The van der Waals surface area contributed by atoms with Crippen LogP contribution in [0.15, 0.2) is 10.7 Å². The van der Waals surface area contributed by atoms with Gasteiger partial charge in [-0.1, -0.05) is 35.4 Å². The number of carbonyl (C=O) groups excluding carboxylic acids is 2. The molecule has 2 aliphatic rings. The first-order chi connectivity index (χ1) is 10.7. The number of hydrogen-bond donors (Lipinski definition) is 1. The highest BCUT2D eigenvalue weighted by molar-refractivity contribution is 7.80. The summed E-state index contributed by atoms with van der Waals surface area (Å²) in [6, 6.07) is -1.01. The van der Waals surface area contributed by atoms with Gasteiger partial charge in [0.1, 0.15) is 17.8 Å². The summed E-state index contributed by atoms with van der Waals surface area (Å²) >= 11 is 16.5. The Bertz CT molecular complexity index is 612. The van der Waals surface area contributed by atoms with Crippen LogP contribution >= 0.6 is 35.4 Å². The summed E-state index contributed by atoms with van der Waals surface area (Å²) in [5.74, 6) is -2.97. The number of cyclic esters (lactones) is 1. The van der Waals surface area contributed by atoms with Gasteiger partial charge in [0.2, 0.25) is 0 Å². The average molecular weight is 383 g/mol. The normalized spacial score (nSPS) is 28.0. The number of nitrogens with zero attached hydrogens (tertiary/aromatic N) is 2. The topological polar surface area (TPSA) is 96.4 Å². The largest absolute Gasteiger partial charge is 0.477 e. The zero-order chi connectivity index (χ0) is 17.4. The van der Waals surface area contributed by atoms with Gasteiger partial charge in [-0.2, -0.15) is 5.06 Å². The van der Waals surface area contributed by atoms with E-state index in [4.69, 9.17) is 45.0 Å². The highest BCUT2D eigenvalue weighted by atomic mass is 35.5. The number of carboxylic acid groups (broad SMARTS) is 1. The summed E-state index contributed by atoms with van der Waals surface area (Å²) < 4.78 is 4.86. The monoisotopic (exact) mass is 382 g/mol. The number of carboxylic acids is 1. The predicted molar refractivity (Wildman–Crippen MR) is 82.2 cm³/mol. The Morgan fingerprint density at radius 2 is 2.22 bits per heavy atom. The molecule has 23 heavy (non-hydrogen) atoms. The van der Waals surface area contributed by atoms with E-state index in [1.165, 1.54) is 11.8 Å². The lowest BCUT2D eigenvalue weighted by Gasteiger charge is -2.31. The van der Waals surface area contributed by atoms with Crippen molar-refractivity contribution in [2.24, 2.45) is 0 Å². The van der Waals surface area contributed by atoms with Gasteiger partial charge < -0.3 is 14.7 Å². The fraction of sp³-hybridized carbons (Fsp3) is 0.500. The third-order valence-corrected chi connectivity index (χ3v) is 4.24. The second kappa shape index (κ2) is 6.60. The maximum absolute atomic E-state index is 12.6. The second-order valence-electron chi connectivity index (χ2n) is 4.83. The molecule has 2 rings (SSSR count). The van der Waals surface area contributed by atoms with Crippen molar-refractivity contribution in [2.45, 2.75) is 31.5 Å². The minimum Gasteiger partial charge on any atom is -0.477 e. The van der Waals surface area contributed by atoms with Crippen molar-refractivity contribution >= 4 is 58.3 Å². The first-order valence-corrected chi connectivity index (χ1v) is 7.64. The van der Waals surface area contributed by atoms with Crippen LogP contribution in [0, 0.1) is 0 Å². The summed E-state index contributed by atoms with van der Waals surface area (Å²) in [6.07, 6.45) is -0.350. The Hall–Kier alpha value is -1.42. The van der Waals surface area contributed by atoms with E-state index < -0.39 is 29.6 Å². The number of esters is 1. The molecule has 2 fully saturated rings. The number of ether oxygens (including phenoxy) is 1. The SMILES string of the molecule is CC(=S)N(C(Cl)=CCl)[C@H]1CON(C2(C(=O)O)CCC(=O)O2)C1=O. The van der Waals surface area contributed by atoms with Gasteiger partial charge in [0.05, 0.1) is 11.4 Å². The number of halogens is 2. The maximum atomic E-state index is 12.6. The molecule has 2 heterocycles. The zero-order valence-corrected chi connectivity index (χ0v) is 14.2. The molecule has 0 aromatic rings. The van der Waals surface area contributed by atoms with E-state index in [-0.39, 0.29) is 29.6 Å². The Balaban J connectivity index is 2.32. The lowest BCUT2D eigenvalue weighted by Crippen LogP contribution is -2.56. The van der Waals surface area contributed by atoms with Crippen LogP contribution in [0.3, 0.4) is 0 Å². The van der Waals surface area contributed by atoms with Crippen LogP contribution < -0.4 is 0 Å². The van der Waals surface area contributed by atoms with E-state index >= 15 is 0 Å². The standard InChI is InChI=1S/C12H12Cl2N2O6S/c1-6(23)15(8(14)4-13)7-5-21-16(10(7)18)12(11(19)20)3-2-9(17)22-12/h4,7H,2-3,5H2,1H3,(H,19,20)/t7-,12?/m0/s1. The van der Waals surface area contributed by atoms with Crippen LogP contribution in [0.25, 0.3) is 0 Å². The molecule has 11 heteroatoms. The minimum absolute atomic E-state index is 0.0178. The third-order valence-electron chi connectivity index (χ3n) is 3.43. The quantitative estimate of drug-likeness (QED) is 0.439.